The fourth-order valence-corrected chi connectivity index (χ4v) is 2.48. The Bertz CT molecular complexity index is 685. The van der Waals surface area contributed by atoms with E-state index in [0.717, 1.165) is 5.70 Å². The van der Waals surface area contributed by atoms with Gasteiger partial charge in [-0.2, -0.15) is 0 Å². The summed E-state index contributed by atoms with van der Waals surface area (Å²) in [5.41, 5.74) is 2.33. The molecule has 0 radical (unpaired) electrons. The first-order valence-corrected chi connectivity index (χ1v) is 7.30. The van der Waals surface area contributed by atoms with Gasteiger partial charge in [-0.05, 0) is 18.2 Å². The van der Waals surface area contributed by atoms with Crippen molar-refractivity contribution in [1.29, 1.82) is 0 Å². The van der Waals surface area contributed by atoms with Crippen molar-refractivity contribution in [3.63, 3.8) is 0 Å². The molecule has 0 spiro atoms. The first-order chi connectivity index (χ1) is 11.2. The van der Waals surface area contributed by atoms with Crippen molar-refractivity contribution in [3.8, 4) is 0 Å². The summed E-state index contributed by atoms with van der Waals surface area (Å²) in [5, 5.41) is 14.4. The van der Waals surface area contributed by atoms with E-state index in [1.54, 1.807) is 12.1 Å². The van der Waals surface area contributed by atoms with Gasteiger partial charge in [-0.15, -0.1) is 0 Å². The Morgan fingerprint density at radius 2 is 2.26 bits per heavy atom. The fourth-order valence-electron chi connectivity index (χ4n) is 2.48. The van der Waals surface area contributed by atoms with Crippen molar-refractivity contribution in [3.05, 3.63) is 47.1 Å². The number of nitrogens with one attached hydrogen (secondary N) is 2. The third-order valence-electron chi connectivity index (χ3n) is 3.50. The molecule has 0 saturated carbocycles. The van der Waals surface area contributed by atoms with E-state index in [4.69, 9.17) is 14.6 Å². The minimum atomic E-state index is -0.400. The van der Waals surface area contributed by atoms with Gasteiger partial charge in [-0.25, -0.2) is 4.39 Å². The average molecular weight is 320 g/mol. The molecule has 3 N–H and O–H groups in total. The summed E-state index contributed by atoms with van der Waals surface area (Å²) in [6.07, 6.45) is 1.76. The van der Waals surface area contributed by atoms with Crippen LogP contribution in [0.2, 0.25) is 0 Å². The Hall–Kier alpha value is -2.38. The number of hydrogen-bond donors (Lipinski definition) is 3. The molecule has 2 aliphatic heterocycles. The van der Waals surface area contributed by atoms with Gasteiger partial charge in [0.05, 0.1) is 36.8 Å². The third kappa shape index (κ3) is 3.35. The van der Waals surface area contributed by atoms with Crippen LogP contribution < -0.4 is 10.6 Å². The molecule has 7 heteroatoms. The molecule has 1 aromatic carbocycles. The molecular weight excluding hydrogens is 303 g/mol. The number of allylic oxidation sites excluding steroid dienone is 1. The molecule has 0 unspecified atom stereocenters. The van der Waals surface area contributed by atoms with Crippen molar-refractivity contribution in [2.24, 2.45) is 0 Å². The first kappa shape index (κ1) is 15.5. The predicted molar refractivity (Wildman–Crippen MR) is 81.9 cm³/mol. The lowest BCUT2D eigenvalue weighted by Crippen LogP contribution is -2.20. The van der Waals surface area contributed by atoms with Gasteiger partial charge in [0.15, 0.2) is 0 Å². The monoisotopic (exact) mass is 320 g/mol. The van der Waals surface area contributed by atoms with E-state index >= 15 is 0 Å². The second-order valence-electron chi connectivity index (χ2n) is 5.10. The number of fused-ring (bicyclic) bond motifs is 1. The van der Waals surface area contributed by atoms with E-state index in [0.29, 0.717) is 48.9 Å². The second-order valence-corrected chi connectivity index (χ2v) is 5.10. The summed E-state index contributed by atoms with van der Waals surface area (Å²) in [6.45, 7) is 1.68. The predicted octanol–water partition coefficient (Wildman–Crippen LogP) is 1.00. The number of carbonyl (C=O) groups excluding carboxylic acids is 1. The number of amides is 1. The fraction of sp³-hybridized carbons (Fsp3) is 0.312. The maximum Gasteiger partial charge on any atom is 0.260 e. The number of aliphatic hydroxyl groups excluding tert-OH is 1. The topological polar surface area (TPSA) is 79.8 Å². The number of anilines is 1. The molecule has 0 aromatic heterocycles. The normalized spacial score (nSPS) is 19.2. The molecule has 23 heavy (non-hydrogen) atoms. The molecule has 2 heterocycles. The summed E-state index contributed by atoms with van der Waals surface area (Å²) in [7, 11) is 0. The molecule has 1 aromatic rings. The van der Waals surface area contributed by atoms with Gasteiger partial charge >= 0.3 is 0 Å². The van der Waals surface area contributed by atoms with Crippen molar-refractivity contribution >= 4 is 17.2 Å². The molecular formula is C16H17FN2O4. The smallest absolute Gasteiger partial charge is 0.260 e. The SMILES string of the molecule is O=C1Nc2cc(F)ccc2/C1=C1/C=C(NCCOCCO)CO1. The van der Waals surface area contributed by atoms with Crippen LogP contribution in [0.25, 0.3) is 5.57 Å². The zero-order valence-corrected chi connectivity index (χ0v) is 12.4. The second kappa shape index (κ2) is 6.80. The van der Waals surface area contributed by atoms with Gasteiger partial charge < -0.3 is 25.2 Å². The Labute approximate surface area is 132 Å². The Balaban J connectivity index is 1.72. The zero-order valence-electron chi connectivity index (χ0n) is 12.4. The van der Waals surface area contributed by atoms with Crippen molar-refractivity contribution < 1.29 is 23.8 Å². The largest absolute Gasteiger partial charge is 0.486 e. The minimum Gasteiger partial charge on any atom is -0.486 e. The van der Waals surface area contributed by atoms with Crippen LogP contribution in [-0.2, 0) is 14.3 Å². The molecule has 0 saturated heterocycles. The number of aliphatic hydroxyl groups is 1. The number of hydrogen-bond acceptors (Lipinski definition) is 5. The quantitative estimate of drug-likeness (QED) is 0.538. The van der Waals surface area contributed by atoms with Crippen LogP contribution in [-0.4, -0.2) is 44.0 Å². The highest BCUT2D eigenvalue weighted by atomic mass is 19.1. The highest BCUT2D eigenvalue weighted by Gasteiger charge is 2.30. The Kier molecular flexibility index (Phi) is 4.59. The number of rotatable bonds is 6. The van der Waals surface area contributed by atoms with Crippen LogP contribution in [0.1, 0.15) is 5.56 Å². The summed E-state index contributed by atoms with van der Waals surface area (Å²) < 4.78 is 24.0. The van der Waals surface area contributed by atoms with Crippen LogP contribution in [0.4, 0.5) is 10.1 Å². The van der Waals surface area contributed by atoms with E-state index in [-0.39, 0.29) is 12.5 Å². The lowest BCUT2D eigenvalue weighted by Gasteiger charge is -2.05. The van der Waals surface area contributed by atoms with Gasteiger partial charge in [0.2, 0.25) is 0 Å². The summed E-state index contributed by atoms with van der Waals surface area (Å²) in [6, 6.07) is 4.17. The lowest BCUT2D eigenvalue weighted by molar-refractivity contribution is -0.110. The summed E-state index contributed by atoms with van der Waals surface area (Å²) in [4.78, 5) is 12.1. The highest BCUT2D eigenvalue weighted by molar-refractivity contribution is 6.32. The Morgan fingerprint density at radius 1 is 1.39 bits per heavy atom. The minimum absolute atomic E-state index is 0.00281. The van der Waals surface area contributed by atoms with Gasteiger partial charge in [0.1, 0.15) is 18.2 Å². The maximum atomic E-state index is 13.2. The molecule has 0 aliphatic carbocycles. The molecule has 2 aliphatic rings. The average Bonchev–Trinajstić information content (AvgIpc) is 3.10. The summed E-state index contributed by atoms with van der Waals surface area (Å²) in [5.74, 6) is -0.237. The van der Waals surface area contributed by atoms with Gasteiger partial charge in [0, 0.05) is 18.2 Å². The number of halogens is 1. The molecule has 122 valence electrons. The van der Waals surface area contributed by atoms with E-state index in [9.17, 15) is 9.18 Å². The standard InChI is InChI=1S/C16H17FN2O4/c17-10-1-2-12-13(7-10)19-16(21)15(12)14-8-11(9-23-14)18-3-5-22-6-4-20/h1-2,7-8,18,20H,3-6,9H2,(H,19,21)/b15-14+. The zero-order chi connectivity index (χ0) is 16.2. The number of carbonyl (C=O) groups is 1. The van der Waals surface area contributed by atoms with Gasteiger partial charge in [-0.1, -0.05) is 0 Å². The molecule has 0 atom stereocenters. The van der Waals surface area contributed by atoms with Crippen LogP contribution in [0.15, 0.2) is 35.7 Å². The molecule has 0 fully saturated rings. The summed E-state index contributed by atoms with van der Waals surface area (Å²) >= 11 is 0. The number of ether oxygens (including phenoxy) is 2. The van der Waals surface area contributed by atoms with Crippen LogP contribution >= 0.6 is 0 Å². The van der Waals surface area contributed by atoms with Crippen LogP contribution in [0, 0.1) is 5.82 Å². The molecule has 3 rings (SSSR count). The lowest BCUT2D eigenvalue weighted by atomic mass is 10.1. The maximum absolute atomic E-state index is 13.2. The van der Waals surface area contributed by atoms with E-state index in [1.807, 2.05) is 0 Å². The van der Waals surface area contributed by atoms with E-state index in [1.165, 1.54) is 12.1 Å². The van der Waals surface area contributed by atoms with Crippen molar-refractivity contribution in [2.75, 3.05) is 38.3 Å². The van der Waals surface area contributed by atoms with E-state index < -0.39 is 5.82 Å². The van der Waals surface area contributed by atoms with Crippen molar-refractivity contribution in [2.45, 2.75) is 0 Å². The number of benzene rings is 1. The van der Waals surface area contributed by atoms with Crippen LogP contribution in [0.5, 0.6) is 0 Å². The van der Waals surface area contributed by atoms with Gasteiger partial charge in [0.25, 0.3) is 5.91 Å². The van der Waals surface area contributed by atoms with Gasteiger partial charge in [-0.3, -0.25) is 4.79 Å². The highest BCUT2D eigenvalue weighted by Crippen LogP contribution is 2.36. The van der Waals surface area contributed by atoms with Crippen molar-refractivity contribution in [1.82, 2.24) is 5.32 Å². The molecule has 0 bridgehead atoms. The van der Waals surface area contributed by atoms with E-state index in [2.05, 4.69) is 10.6 Å². The Morgan fingerprint density at radius 3 is 3.09 bits per heavy atom. The molecule has 1 amide bonds. The third-order valence-corrected chi connectivity index (χ3v) is 3.50. The first-order valence-electron chi connectivity index (χ1n) is 7.30. The van der Waals surface area contributed by atoms with Crippen LogP contribution in [0.3, 0.4) is 0 Å². The molecule has 6 nitrogen and oxygen atoms in total.